The summed E-state index contributed by atoms with van der Waals surface area (Å²) in [6.07, 6.45) is 5.80. The van der Waals surface area contributed by atoms with Crippen molar-refractivity contribution in [2.75, 3.05) is 11.9 Å². The molecule has 2 aromatic heterocycles. The summed E-state index contributed by atoms with van der Waals surface area (Å²) in [7, 11) is 0. The number of ether oxygens (including phenoxy) is 1. The van der Waals surface area contributed by atoms with Crippen molar-refractivity contribution >= 4 is 45.8 Å². The highest BCUT2D eigenvalue weighted by atomic mass is 16.6. The first-order chi connectivity index (χ1) is 17.5. The number of pyridine rings is 1. The third kappa shape index (κ3) is 4.72. The maximum atomic E-state index is 13.3. The van der Waals surface area contributed by atoms with Crippen LogP contribution in [-0.4, -0.2) is 28.4 Å². The summed E-state index contributed by atoms with van der Waals surface area (Å²) in [5.74, 6) is -0.525. The number of hydrogen-bond acceptors (Lipinski definition) is 7. The van der Waals surface area contributed by atoms with E-state index in [1.54, 1.807) is 6.26 Å². The number of nitrogens with zero attached hydrogens (tertiary/aromatic N) is 2. The van der Waals surface area contributed by atoms with Gasteiger partial charge in [0.25, 0.3) is 11.6 Å². The third-order valence-corrected chi connectivity index (χ3v) is 5.91. The number of amides is 1. The van der Waals surface area contributed by atoms with E-state index in [1.165, 1.54) is 24.3 Å². The monoisotopic (exact) mass is 483 g/mol. The van der Waals surface area contributed by atoms with Crippen LogP contribution < -0.4 is 5.32 Å². The van der Waals surface area contributed by atoms with E-state index in [1.807, 2.05) is 42.5 Å². The number of aromatic nitrogens is 1. The van der Waals surface area contributed by atoms with Crippen LogP contribution >= 0.6 is 0 Å². The Morgan fingerprint density at radius 3 is 2.78 bits per heavy atom. The Hall–Kier alpha value is -4.79. The van der Waals surface area contributed by atoms with Gasteiger partial charge in [-0.1, -0.05) is 24.3 Å². The molecule has 9 nitrogen and oxygen atoms in total. The van der Waals surface area contributed by atoms with Gasteiger partial charge in [-0.25, -0.2) is 9.78 Å². The molecular weight excluding hydrogens is 462 g/mol. The molecule has 0 atom stereocenters. The standard InChI is InChI=1S/C27H21N3O6/c31-24(28-18-7-4-8-19(15-18)30(33)34)16-36-27(32)25-21-10-1-2-12-23(21)29-26-17(6-3-11-22(25)26)14-20-9-5-13-35-20/h1-2,4-5,7-10,12-15H,3,6,11,16H2,(H,28,31). The molecule has 0 radical (unpaired) electrons. The van der Waals surface area contributed by atoms with Gasteiger partial charge in [-0.3, -0.25) is 14.9 Å². The zero-order chi connectivity index (χ0) is 25.1. The molecule has 0 saturated heterocycles. The Kier molecular flexibility index (Phi) is 6.27. The molecule has 0 unspecified atom stereocenters. The van der Waals surface area contributed by atoms with Crippen molar-refractivity contribution < 1.29 is 23.7 Å². The lowest BCUT2D eigenvalue weighted by Crippen LogP contribution is -2.22. The van der Waals surface area contributed by atoms with Crippen LogP contribution in [0.5, 0.6) is 0 Å². The minimum atomic E-state index is -0.627. The fraction of sp³-hybridized carbons (Fsp3) is 0.148. The molecule has 1 aliphatic rings. The number of nitro groups is 1. The molecule has 0 aliphatic heterocycles. The van der Waals surface area contributed by atoms with E-state index in [-0.39, 0.29) is 11.4 Å². The number of allylic oxidation sites excluding steroid dienone is 1. The summed E-state index contributed by atoms with van der Waals surface area (Å²) in [6, 6.07) is 16.5. The quantitative estimate of drug-likeness (QED) is 0.221. The lowest BCUT2D eigenvalue weighted by Gasteiger charge is -2.22. The smallest absolute Gasteiger partial charge is 0.339 e. The van der Waals surface area contributed by atoms with E-state index in [4.69, 9.17) is 14.1 Å². The molecule has 5 rings (SSSR count). The van der Waals surface area contributed by atoms with Gasteiger partial charge < -0.3 is 14.5 Å². The van der Waals surface area contributed by atoms with Crippen molar-refractivity contribution in [1.82, 2.24) is 4.98 Å². The Labute approximate surface area is 205 Å². The molecule has 2 aromatic carbocycles. The van der Waals surface area contributed by atoms with Crippen LogP contribution in [0.3, 0.4) is 0 Å². The van der Waals surface area contributed by atoms with Gasteiger partial charge >= 0.3 is 5.97 Å². The Morgan fingerprint density at radius 1 is 1.11 bits per heavy atom. The maximum Gasteiger partial charge on any atom is 0.339 e. The minimum Gasteiger partial charge on any atom is -0.465 e. The van der Waals surface area contributed by atoms with Crippen LogP contribution in [0, 0.1) is 10.1 Å². The van der Waals surface area contributed by atoms with Crippen molar-refractivity contribution in [3.8, 4) is 0 Å². The molecule has 2 heterocycles. The van der Waals surface area contributed by atoms with E-state index in [2.05, 4.69) is 5.32 Å². The van der Waals surface area contributed by atoms with Gasteiger partial charge in [0.15, 0.2) is 6.61 Å². The maximum absolute atomic E-state index is 13.3. The van der Waals surface area contributed by atoms with Gasteiger partial charge in [-0.2, -0.15) is 0 Å². The number of hydrogen-bond donors (Lipinski definition) is 1. The van der Waals surface area contributed by atoms with Gasteiger partial charge in [-0.05, 0) is 60.7 Å². The van der Waals surface area contributed by atoms with Crippen molar-refractivity contribution in [2.45, 2.75) is 19.3 Å². The highest BCUT2D eigenvalue weighted by Crippen LogP contribution is 2.36. The summed E-state index contributed by atoms with van der Waals surface area (Å²) < 4.78 is 10.9. The second kappa shape index (κ2) is 9.83. The number of anilines is 1. The lowest BCUT2D eigenvalue weighted by molar-refractivity contribution is -0.384. The van der Waals surface area contributed by atoms with Gasteiger partial charge in [0.2, 0.25) is 0 Å². The van der Waals surface area contributed by atoms with Crippen molar-refractivity contribution in [2.24, 2.45) is 0 Å². The fourth-order valence-electron chi connectivity index (χ4n) is 4.35. The predicted molar refractivity (Wildman–Crippen MR) is 133 cm³/mol. The molecule has 0 bridgehead atoms. The first kappa shape index (κ1) is 23.0. The topological polar surface area (TPSA) is 125 Å². The van der Waals surface area contributed by atoms with Crippen LogP contribution in [0.4, 0.5) is 11.4 Å². The van der Waals surface area contributed by atoms with Crippen molar-refractivity contribution in [1.29, 1.82) is 0 Å². The molecule has 1 amide bonds. The minimum absolute atomic E-state index is 0.155. The summed E-state index contributed by atoms with van der Waals surface area (Å²) in [5, 5.41) is 14.1. The number of non-ortho nitro benzene ring substituents is 1. The van der Waals surface area contributed by atoms with Crippen molar-refractivity contribution in [3.63, 3.8) is 0 Å². The molecule has 4 aromatic rings. The summed E-state index contributed by atoms with van der Waals surface area (Å²) in [6.45, 7) is -0.540. The van der Waals surface area contributed by atoms with Gasteiger partial charge in [-0.15, -0.1) is 0 Å². The SMILES string of the molecule is O=C(COC(=O)c1c2c(nc3ccccc13)C(=Cc1ccco1)CCC2)Nc1cccc([N+](=O)[O-])c1. The number of nitro benzene ring substituents is 1. The zero-order valence-electron chi connectivity index (χ0n) is 19.1. The fourth-order valence-corrected chi connectivity index (χ4v) is 4.35. The van der Waals surface area contributed by atoms with Crippen molar-refractivity contribution in [3.05, 3.63) is 99.6 Å². The summed E-state index contributed by atoms with van der Waals surface area (Å²) in [4.78, 5) is 41.0. The Balaban J connectivity index is 1.42. The van der Waals surface area contributed by atoms with Crippen LogP contribution in [0.2, 0.25) is 0 Å². The van der Waals surface area contributed by atoms with E-state index in [0.29, 0.717) is 28.6 Å². The van der Waals surface area contributed by atoms with Crippen LogP contribution in [0.1, 0.15) is 40.2 Å². The largest absolute Gasteiger partial charge is 0.465 e. The normalized spacial score (nSPS) is 13.8. The number of furan rings is 1. The van der Waals surface area contributed by atoms with Crippen LogP contribution in [-0.2, 0) is 16.0 Å². The summed E-state index contributed by atoms with van der Waals surface area (Å²) in [5.41, 5.74) is 3.60. The number of fused-ring (bicyclic) bond motifs is 2. The first-order valence-electron chi connectivity index (χ1n) is 11.4. The molecule has 0 saturated carbocycles. The molecule has 0 spiro atoms. The first-order valence-corrected chi connectivity index (χ1v) is 11.4. The Bertz CT molecular complexity index is 1510. The lowest BCUT2D eigenvalue weighted by atomic mass is 9.86. The highest BCUT2D eigenvalue weighted by molar-refractivity contribution is 6.07. The number of esters is 1. The molecule has 180 valence electrons. The van der Waals surface area contributed by atoms with Crippen LogP contribution in [0.25, 0.3) is 22.6 Å². The molecule has 0 fully saturated rings. The van der Waals surface area contributed by atoms with Gasteiger partial charge in [0.05, 0.1) is 28.0 Å². The Morgan fingerprint density at radius 2 is 1.97 bits per heavy atom. The summed E-state index contributed by atoms with van der Waals surface area (Å²) >= 11 is 0. The van der Waals surface area contributed by atoms with Gasteiger partial charge in [0, 0.05) is 23.2 Å². The zero-order valence-corrected chi connectivity index (χ0v) is 19.1. The highest BCUT2D eigenvalue weighted by Gasteiger charge is 2.26. The number of rotatable bonds is 6. The molecular formula is C27H21N3O6. The number of para-hydroxylation sites is 1. The number of carbonyl (C=O) groups excluding carboxylic acids is 2. The second-order valence-electron chi connectivity index (χ2n) is 8.30. The van der Waals surface area contributed by atoms with E-state index in [9.17, 15) is 19.7 Å². The average Bonchev–Trinajstić information content (AvgIpc) is 3.39. The third-order valence-electron chi connectivity index (χ3n) is 5.91. The van der Waals surface area contributed by atoms with E-state index < -0.39 is 23.4 Å². The number of benzene rings is 2. The molecule has 36 heavy (non-hydrogen) atoms. The number of nitrogens with one attached hydrogen (secondary N) is 1. The molecule has 1 N–H and O–H groups in total. The van der Waals surface area contributed by atoms with E-state index >= 15 is 0 Å². The second-order valence-corrected chi connectivity index (χ2v) is 8.30. The molecule has 1 aliphatic carbocycles. The van der Waals surface area contributed by atoms with Gasteiger partial charge in [0.1, 0.15) is 5.76 Å². The van der Waals surface area contributed by atoms with E-state index in [0.717, 1.165) is 29.7 Å². The molecule has 9 heteroatoms. The predicted octanol–water partition coefficient (Wildman–Crippen LogP) is 5.41. The number of carbonyl (C=O) groups is 2. The van der Waals surface area contributed by atoms with Crippen LogP contribution in [0.15, 0.2) is 71.3 Å². The average molecular weight is 483 g/mol.